The zero-order chi connectivity index (χ0) is 14.4. The van der Waals surface area contributed by atoms with E-state index in [1.54, 1.807) is 6.07 Å². The monoisotopic (exact) mass is 338 g/mol. The normalized spacial score (nSPS) is 10.1. The minimum atomic E-state index is -0.509. The molecule has 0 bridgehead atoms. The Hall–Kier alpha value is -1.88. The third-order valence-electron chi connectivity index (χ3n) is 2.50. The number of hydrogen-bond donors (Lipinski definition) is 0. The van der Waals surface area contributed by atoms with E-state index in [2.05, 4.69) is 15.9 Å². The number of esters is 1. The summed E-state index contributed by atoms with van der Waals surface area (Å²) in [5.41, 5.74) is 0.896. The van der Waals surface area contributed by atoms with Crippen LogP contribution in [0.3, 0.4) is 0 Å². The second-order valence-electron chi connectivity index (χ2n) is 3.99. The summed E-state index contributed by atoms with van der Waals surface area (Å²) in [5, 5.41) is 0. The van der Waals surface area contributed by atoms with Crippen LogP contribution in [0.25, 0.3) is 0 Å². The third-order valence-corrected chi connectivity index (χ3v) is 3.27. The van der Waals surface area contributed by atoms with Crippen molar-refractivity contribution in [2.24, 2.45) is 0 Å². The van der Waals surface area contributed by atoms with Gasteiger partial charge in [0, 0.05) is 0 Å². The molecule has 20 heavy (non-hydrogen) atoms. The van der Waals surface area contributed by atoms with Crippen LogP contribution in [0.4, 0.5) is 4.39 Å². The molecule has 0 unspecified atom stereocenters. The molecule has 0 N–H and O–H groups in total. The molecule has 5 heteroatoms. The summed E-state index contributed by atoms with van der Waals surface area (Å²) in [6.07, 6.45) is 0. The molecule has 104 valence electrons. The Kier molecular flexibility index (Phi) is 5.12. The topological polar surface area (TPSA) is 35.5 Å². The van der Waals surface area contributed by atoms with Gasteiger partial charge in [-0.25, -0.2) is 9.18 Å². The van der Waals surface area contributed by atoms with Gasteiger partial charge in [-0.15, -0.1) is 0 Å². The van der Waals surface area contributed by atoms with Crippen molar-refractivity contribution in [1.29, 1.82) is 0 Å². The molecule has 0 amide bonds. The van der Waals surface area contributed by atoms with Crippen molar-refractivity contribution >= 4 is 21.9 Å². The van der Waals surface area contributed by atoms with Gasteiger partial charge in [-0.2, -0.15) is 0 Å². The molecule has 2 rings (SSSR count). The first-order chi connectivity index (χ1) is 9.66. The predicted molar refractivity (Wildman–Crippen MR) is 75.8 cm³/mol. The molecule has 2 aromatic rings. The number of halogens is 2. The third kappa shape index (κ3) is 4.06. The van der Waals surface area contributed by atoms with Gasteiger partial charge < -0.3 is 9.47 Å². The van der Waals surface area contributed by atoms with E-state index < -0.39 is 11.8 Å². The maximum atomic E-state index is 13.2. The Labute approximate surface area is 124 Å². The van der Waals surface area contributed by atoms with Crippen LogP contribution in [0.1, 0.15) is 5.56 Å². The van der Waals surface area contributed by atoms with Crippen molar-refractivity contribution in [3.8, 4) is 5.75 Å². The molecule has 0 aliphatic heterocycles. The van der Waals surface area contributed by atoms with Gasteiger partial charge in [-0.1, -0.05) is 36.4 Å². The molecule has 3 nitrogen and oxygen atoms in total. The van der Waals surface area contributed by atoms with E-state index in [0.29, 0.717) is 0 Å². The summed E-state index contributed by atoms with van der Waals surface area (Å²) in [6, 6.07) is 13.7. The maximum Gasteiger partial charge on any atom is 0.344 e. The zero-order valence-electron chi connectivity index (χ0n) is 10.5. The van der Waals surface area contributed by atoms with Crippen molar-refractivity contribution in [2.45, 2.75) is 6.61 Å². The van der Waals surface area contributed by atoms with E-state index >= 15 is 0 Å². The fourth-order valence-corrected chi connectivity index (χ4v) is 1.89. The first-order valence-electron chi connectivity index (χ1n) is 5.93. The minimum absolute atomic E-state index is 0.188. The van der Waals surface area contributed by atoms with Gasteiger partial charge in [0.05, 0.1) is 4.47 Å². The molecule has 2 aromatic carbocycles. The first-order valence-corrected chi connectivity index (χ1v) is 6.72. The zero-order valence-corrected chi connectivity index (χ0v) is 12.1. The van der Waals surface area contributed by atoms with Crippen LogP contribution < -0.4 is 4.74 Å². The van der Waals surface area contributed by atoms with Crippen molar-refractivity contribution in [1.82, 2.24) is 0 Å². The van der Waals surface area contributed by atoms with Gasteiger partial charge >= 0.3 is 5.97 Å². The molecular weight excluding hydrogens is 327 g/mol. The highest BCUT2D eigenvalue weighted by atomic mass is 79.9. The van der Waals surface area contributed by atoms with Crippen LogP contribution in [0, 0.1) is 5.82 Å². The standard InChI is InChI=1S/C15H12BrFO3/c16-15-12(17)7-4-8-13(15)19-10-14(18)20-9-11-5-2-1-3-6-11/h1-8H,9-10H2. The lowest BCUT2D eigenvalue weighted by atomic mass is 10.2. The van der Waals surface area contributed by atoms with E-state index in [0.717, 1.165) is 5.56 Å². The fourth-order valence-electron chi connectivity index (χ4n) is 1.51. The summed E-state index contributed by atoms with van der Waals surface area (Å²) in [5.74, 6) is -0.688. The minimum Gasteiger partial charge on any atom is -0.481 e. The Balaban J connectivity index is 1.82. The summed E-state index contributed by atoms with van der Waals surface area (Å²) in [7, 11) is 0. The first kappa shape index (κ1) is 14.5. The molecule has 0 heterocycles. The fraction of sp³-hybridized carbons (Fsp3) is 0.133. The van der Waals surface area contributed by atoms with Gasteiger partial charge in [-0.3, -0.25) is 0 Å². The summed E-state index contributed by atoms with van der Waals surface area (Å²) >= 11 is 3.05. The van der Waals surface area contributed by atoms with Crippen molar-refractivity contribution in [3.05, 3.63) is 64.4 Å². The van der Waals surface area contributed by atoms with E-state index in [1.165, 1.54) is 12.1 Å². The van der Waals surface area contributed by atoms with Crippen LogP contribution in [0.5, 0.6) is 5.75 Å². The molecule has 0 aromatic heterocycles. The molecule has 0 aliphatic rings. The SMILES string of the molecule is O=C(COc1cccc(F)c1Br)OCc1ccccc1. The Morgan fingerprint density at radius 1 is 1.10 bits per heavy atom. The average Bonchev–Trinajstić information content (AvgIpc) is 2.48. The van der Waals surface area contributed by atoms with Crippen LogP contribution in [0.2, 0.25) is 0 Å². The van der Waals surface area contributed by atoms with Gasteiger partial charge in [0.2, 0.25) is 0 Å². The number of ether oxygens (including phenoxy) is 2. The summed E-state index contributed by atoms with van der Waals surface area (Å²) in [4.78, 5) is 11.5. The van der Waals surface area contributed by atoms with Crippen LogP contribution >= 0.6 is 15.9 Å². The molecule has 0 atom stereocenters. The average molecular weight is 339 g/mol. The van der Waals surface area contributed by atoms with Gasteiger partial charge in [0.25, 0.3) is 0 Å². The molecule has 0 fully saturated rings. The molecular formula is C15H12BrFO3. The maximum absolute atomic E-state index is 13.2. The van der Waals surface area contributed by atoms with E-state index in [9.17, 15) is 9.18 Å². The largest absolute Gasteiger partial charge is 0.481 e. The number of carbonyl (C=O) groups excluding carboxylic acids is 1. The second kappa shape index (κ2) is 7.05. The lowest BCUT2D eigenvalue weighted by Gasteiger charge is -2.08. The molecule has 0 saturated heterocycles. The second-order valence-corrected chi connectivity index (χ2v) is 4.78. The molecule has 0 aliphatic carbocycles. The van der Waals surface area contributed by atoms with Crippen molar-refractivity contribution in [3.63, 3.8) is 0 Å². The van der Waals surface area contributed by atoms with Crippen molar-refractivity contribution in [2.75, 3.05) is 6.61 Å². The lowest BCUT2D eigenvalue weighted by molar-refractivity contribution is -0.147. The number of carbonyl (C=O) groups is 1. The smallest absolute Gasteiger partial charge is 0.344 e. The highest BCUT2D eigenvalue weighted by molar-refractivity contribution is 9.10. The number of rotatable bonds is 5. The lowest BCUT2D eigenvalue weighted by Crippen LogP contribution is -2.15. The molecule has 0 spiro atoms. The van der Waals surface area contributed by atoms with Crippen LogP contribution in [-0.2, 0) is 16.1 Å². The Morgan fingerprint density at radius 3 is 2.60 bits per heavy atom. The number of benzene rings is 2. The number of hydrogen-bond acceptors (Lipinski definition) is 3. The van der Waals surface area contributed by atoms with E-state index in [4.69, 9.17) is 9.47 Å². The molecule has 0 radical (unpaired) electrons. The van der Waals surface area contributed by atoms with Crippen molar-refractivity contribution < 1.29 is 18.7 Å². The van der Waals surface area contributed by atoms with Crippen LogP contribution in [0.15, 0.2) is 53.0 Å². The van der Waals surface area contributed by atoms with Gasteiger partial charge in [0.15, 0.2) is 6.61 Å². The van der Waals surface area contributed by atoms with E-state index in [-0.39, 0.29) is 23.4 Å². The predicted octanol–water partition coefficient (Wildman–Crippen LogP) is 3.71. The van der Waals surface area contributed by atoms with Gasteiger partial charge in [-0.05, 0) is 33.6 Å². The Bertz CT molecular complexity index is 587. The Morgan fingerprint density at radius 2 is 1.85 bits per heavy atom. The highest BCUT2D eigenvalue weighted by Crippen LogP contribution is 2.27. The molecule has 0 saturated carbocycles. The summed E-state index contributed by atoms with van der Waals surface area (Å²) < 4.78 is 23.7. The van der Waals surface area contributed by atoms with E-state index in [1.807, 2.05) is 30.3 Å². The quantitative estimate of drug-likeness (QED) is 0.779. The van der Waals surface area contributed by atoms with Gasteiger partial charge in [0.1, 0.15) is 18.2 Å². The summed E-state index contributed by atoms with van der Waals surface area (Å²) in [6.45, 7) is -0.0811. The van der Waals surface area contributed by atoms with Crippen LogP contribution in [-0.4, -0.2) is 12.6 Å². The highest BCUT2D eigenvalue weighted by Gasteiger charge is 2.09.